The van der Waals surface area contributed by atoms with Crippen molar-refractivity contribution >= 4 is 16.9 Å². The SMILES string of the molecule is O=C(CCc1cccc(F)c1)NCc1nc2ccccc2n1C1CC1. The van der Waals surface area contributed by atoms with Crippen molar-refractivity contribution in [1.29, 1.82) is 0 Å². The van der Waals surface area contributed by atoms with Crippen LogP contribution in [0.25, 0.3) is 11.0 Å². The predicted octanol–water partition coefficient (Wildman–Crippen LogP) is 3.76. The smallest absolute Gasteiger partial charge is 0.220 e. The van der Waals surface area contributed by atoms with E-state index >= 15 is 0 Å². The second-order valence-corrected chi connectivity index (χ2v) is 6.52. The van der Waals surface area contributed by atoms with Crippen molar-refractivity contribution in [3.8, 4) is 0 Å². The number of nitrogens with zero attached hydrogens (tertiary/aromatic N) is 2. The number of imidazole rings is 1. The number of carbonyl (C=O) groups is 1. The molecule has 0 atom stereocenters. The van der Waals surface area contributed by atoms with Gasteiger partial charge < -0.3 is 9.88 Å². The summed E-state index contributed by atoms with van der Waals surface area (Å²) >= 11 is 0. The van der Waals surface area contributed by atoms with Crippen LogP contribution in [-0.4, -0.2) is 15.5 Å². The van der Waals surface area contributed by atoms with Gasteiger partial charge in [-0.15, -0.1) is 0 Å². The summed E-state index contributed by atoms with van der Waals surface area (Å²) in [6.07, 6.45) is 3.21. The summed E-state index contributed by atoms with van der Waals surface area (Å²) in [6, 6.07) is 15.0. The summed E-state index contributed by atoms with van der Waals surface area (Å²) in [5.41, 5.74) is 2.94. The number of amides is 1. The number of carbonyl (C=O) groups excluding carboxylic acids is 1. The second kappa shape index (κ2) is 6.67. The fourth-order valence-corrected chi connectivity index (χ4v) is 3.18. The Morgan fingerprint density at radius 1 is 1.20 bits per heavy atom. The van der Waals surface area contributed by atoms with Gasteiger partial charge in [-0.2, -0.15) is 0 Å². The highest BCUT2D eigenvalue weighted by atomic mass is 19.1. The zero-order chi connectivity index (χ0) is 17.2. The molecule has 0 radical (unpaired) electrons. The Hall–Kier alpha value is -2.69. The second-order valence-electron chi connectivity index (χ2n) is 6.52. The molecule has 3 aromatic rings. The molecule has 2 aromatic carbocycles. The van der Waals surface area contributed by atoms with Crippen molar-refractivity contribution in [2.45, 2.75) is 38.3 Å². The van der Waals surface area contributed by atoms with Gasteiger partial charge in [-0.1, -0.05) is 24.3 Å². The van der Waals surface area contributed by atoms with Crippen LogP contribution < -0.4 is 5.32 Å². The van der Waals surface area contributed by atoms with E-state index < -0.39 is 0 Å². The maximum absolute atomic E-state index is 13.2. The minimum Gasteiger partial charge on any atom is -0.349 e. The molecule has 4 nitrogen and oxygen atoms in total. The molecular formula is C20H20FN3O. The lowest BCUT2D eigenvalue weighted by Gasteiger charge is -2.09. The summed E-state index contributed by atoms with van der Waals surface area (Å²) in [6.45, 7) is 0.424. The van der Waals surface area contributed by atoms with Gasteiger partial charge in [0.05, 0.1) is 17.6 Å². The number of para-hydroxylation sites is 2. The Kier molecular flexibility index (Phi) is 4.22. The van der Waals surface area contributed by atoms with Crippen LogP contribution in [0.2, 0.25) is 0 Å². The summed E-state index contributed by atoms with van der Waals surface area (Å²) < 4.78 is 15.4. The van der Waals surface area contributed by atoms with Crippen molar-refractivity contribution in [2.24, 2.45) is 0 Å². The number of fused-ring (bicyclic) bond motifs is 1. The lowest BCUT2D eigenvalue weighted by atomic mass is 10.1. The summed E-state index contributed by atoms with van der Waals surface area (Å²) in [4.78, 5) is 16.8. The van der Waals surface area contributed by atoms with E-state index in [9.17, 15) is 9.18 Å². The van der Waals surface area contributed by atoms with Gasteiger partial charge in [0.25, 0.3) is 0 Å². The van der Waals surface area contributed by atoms with Crippen LogP contribution in [0.15, 0.2) is 48.5 Å². The fraction of sp³-hybridized carbons (Fsp3) is 0.300. The Morgan fingerprint density at radius 2 is 2.04 bits per heavy atom. The molecule has 1 fully saturated rings. The van der Waals surface area contributed by atoms with Crippen molar-refractivity contribution in [3.63, 3.8) is 0 Å². The summed E-state index contributed by atoms with van der Waals surface area (Å²) in [5, 5.41) is 2.95. The average Bonchev–Trinajstić information content (AvgIpc) is 3.38. The molecule has 1 N–H and O–H groups in total. The minimum absolute atomic E-state index is 0.0429. The van der Waals surface area contributed by atoms with E-state index in [0.717, 1.165) is 22.4 Å². The van der Waals surface area contributed by atoms with Gasteiger partial charge in [0, 0.05) is 12.5 Å². The number of rotatable bonds is 6. The zero-order valence-corrected chi connectivity index (χ0v) is 13.9. The third kappa shape index (κ3) is 3.55. The van der Waals surface area contributed by atoms with Gasteiger partial charge in [-0.3, -0.25) is 4.79 Å². The van der Waals surface area contributed by atoms with E-state index in [0.29, 0.717) is 25.4 Å². The Balaban J connectivity index is 1.40. The molecule has 1 heterocycles. The van der Waals surface area contributed by atoms with Gasteiger partial charge in [-0.05, 0) is 49.1 Å². The predicted molar refractivity (Wildman–Crippen MR) is 94.6 cm³/mol. The number of nitrogens with one attached hydrogen (secondary N) is 1. The highest BCUT2D eigenvalue weighted by molar-refractivity contribution is 5.77. The molecule has 0 saturated heterocycles. The lowest BCUT2D eigenvalue weighted by Crippen LogP contribution is -2.24. The highest BCUT2D eigenvalue weighted by Gasteiger charge is 2.28. The highest BCUT2D eigenvalue weighted by Crippen LogP contribution is 2.38. The third-order valence-corrected chi connectivity index (χ3v) is 4.55. The normalized spacial score (nSPS) is 14.0. The molecule has 1 saturated carbocycles. The van der Waals surface area contributed by atoms with Crippen LogP contribution in [-0.2, 0) is 17.8 Å². The number of benzene rings is 2. The molecule has 1 amide bonds. The maximum Gasteiger partial charge on any atom is 0.220 e. The first-order valence-electron chi connectivity index (χ1n) is 8.68. The van der Waals surface area contributed by atoms with Gasteiger partial charge >= 0.3 is 0 Å². The van der Waals surface area contributed by atoms with Crippen molar-refractivity contribution < 1.29 is 9.18 Å². The average molecular weight is 337 g/mol. The van der Waals surface area contributed by atoms with Gasteiger partial charge in [0.2, 0.25) is 5.91 Å². The topological polar surface area (TPSA) is 46.9 Å². The third-order valence-electron chi connectivity index (χ3n) is 4.55. The molecule has 0 aliphatic heterocycles. The monoisotopic (exact) mass is 337 g/mol. The molecule has 0 bridgehead atoms. The Bertz CT molecular complexity index is 914. The lowest BCUT2D eigenvalue weighted by molar-refractivity contribution is -0.121. The van der Waals surface area contributed by atoms with E-state index in [1.54, 1.807) is 6.07 Å². The van der Waals surface area contributed by atoms with E-state index in [1.807, 2.05) is 24.3 Å². The van der Waals surface area contributed by atoms with E-state index in [-0.39, 0.29) is 11.7 Å². The van der Waals surface area contributed by atoms with Crippen molar-refractivity contribution in [1.82, 2.24) is 14.9 Å². The molecular weight excluding hydrogens is 317 g/mol. The maximum atomic E-state index is 13.2. The largest absolute Gasteiger partial charge is 0.349 e. The first kappa shape index (κ1) is 15.8. The van der Waals surface area contributed by atoms with E-state index in [2.05, 4.69) is 20.9 Å². The van der Waals surface area contributed by atoms with E-state index in [1.165, 1.54) is 25.0 Å². The standard InChI is InChI=1S/C20H20FN3O/c21-15-5-3-4-14(12-15)8-11-20(25)22-13-19-23-17-6-1-2-7-18(17)24(19)16-9-10-16/h1-7,12,16H,8-11,13H2,(H,22,25). The fourth-order valence-electron chi connectivity index (χ4n) is 3.18. The zero-order valence-electron chi connectivity index (χ0n) is 13.9. The molecule has 0 unspecified atom stereocenters. The van der Waals surface area contributed by atoms with Crippen LogP contribution in [0, 0.1) is 5.82 Å². The minimum atomic E-state index is -0.268. The first-order valence-corrected chi connectivity index (χ1v) is 8.68. The van der Waals surface area contributed by atoms with Crippen molar-refractivity contribution in [2.75, 3.05) is 0 Å². The molecule has 1 aromatic heterocycles. The summed E-state index contributed by atoms with van der Waals surface area (Å²) in [7, 11) is 0. The van der Waals surface area contributed by atoms with Gasteiger partial charge in [0.15, 0.2) is 0 Å². The van der Waals surface area contributed by atoms with Gasteiger partial charge in [0.1, 0.15) is 11.6 Å². The van der Waals surface area contributed by atoms with Crippen LogP contribution in [0.5, 0.6) is 0 Å². The number of hydrogen-bond acceptors (Lipinski definition) is 2. The Morgan fingerprint density at radius 3 is 2.84 bits per heavy atom. The van der Waals surface area contributed by atoms with Crippen LogP contribution in [0.1, 0.15) is 36.7 Å². The molecule has 128 valence electrons. The first-order chi connectivity index (χ1) is 12.2. The Labute approximate surface area is 145 Å². The van der Waals surface area contributed by atoms with E-state index in [4.69, 9.17) is 0 Å². The number of aromatic nitrogens is 2. The molecule has 1 aliphatic carbocycles. The summed E-state index contributed by atoms with van der Waals surface area (Å²) in [5.74, 6) is 0.595. The number of hydrogen-bond donors (Lipinski definition) is 1. The van der Waals surface area contributed by atoms with Crippen LogP contribution in [0.3, 0.4) is 0 Å². The molecule has 25 heavy (non-hydrogen) atoms. The van der Waals surface area contributed by atoms with Gasteiger partial charge in [-0.25, -0.2) is 9.37 Å². The molecule has 5 heteroatoms. The number of halogens is 1. The molecule has 1 aliphatic rings. The number of aryl methyl sites for hydroxylation is 1. The quantitative estimate of drug-likeness (QED) is 0.744. The van der Waals surface area contributed by atoms with Crippen molar-refractivity contribution in [3.05, 3.63) is 65.7 Å². The van der Waals surface area contributed by atoms with Crippen LogP contribution in [0.4, 0.5) is 4.39 Å². The van der Waals surface area contributed by atoms with Crippen LogP contribution >= 0.6 is 0 Å². The molecule has 4 rings (SSSR count). The molecule has 0 spiro atoms.